The highest BCUT2D eigenvalue weighted by molar-refractivity contribution is 6.30. The molecule has 0 N–H and O–H groups in total. The molecule has 0 atom stereocenters. The van der Waals surface area contributed by atoms with Crippen molar-refractivity contribution < 1.29 is 14.1 Å². The van der Waals surface area contributed by atoms with Gasteiger partial charge in [-0.2, -0.15) is 0 Å². The number of aromatic nitrogens is 1. The number of methoxy groups -OCH3 is 1. The highest BCUT2D eigenvalue weighted by atomic mass is 35.5. The van der Waals surface area contributed by atoms with Crippen molar-refractivity contribution in [3.8, 4) is 11.3 Å². The molecular formula is C16H14ClNO3. The maximum atomic E-state index is 10.9. The lowest BCUT2D eigenvalue weighted by atomic mass is 10.1. The zero-order valence-electron chi connectivity index (χ0n) is 11.5. The number of allylic oxidation sites excluding steroid dienone is 2. The summed E-state index contributed by atoms with van der Waals surface area (Å²) in [5.41, 5.74) is 1.69. The molecule has 108 valence electrons. The lowest BCUT2D eigenvalue weighted by molar-refractivity contribution is -0.134. The molecule has 0 radical (unpaired) electrons. The van der Waals surface area contributed by atoms with Crippen LogP contribution in [-0.4, -0.2) is 18.2 Å². The van der Waals surface area contributed by atoms with Crippen molar-refractivity contribution in [2.45, 2.75) is 6.42 Å². The third-order valence-corrected chi connectivity index (χ3v) is 2.93. The van der Waals surface area contributed by atoms with E-state index in [1.54, 1.807) is 24.3 Å². The molecule has 0 aliphatic rings. The van der Waals surface area contributed by atoms with Crippen LogP contribution in [0.1, 0.15) is 12.2 Å². The van der Waals surface area contributed by atoms with E-state index in [-0.39, 0.29) is 5.97 Å². The van der Waals surface area contributed by atoms with Crippen LogP contribution in [0, 0.1) is 0 Å². The van der Waals surface area contributed by atoms with E-state index in [1.165, 1.54) is 13.2 Å². The molecule has 0 fully saturated rings. The van der Waals surface area contributed by atoms with E-state index < -0.39 is 0 Å². The Hall–Kier alpha value is -2.33. The van der Waals surface area contributed by atoms with Crippen LogP contribution in [0.3, 0.4) is 0 Å². The molecule has 0 spiro atoms. The van der Waals surface area contributed by atoms with Gasteiger partial charge < -0.3 is 9.26 Å². The summed E-state index contributed by atoms with van der Waals surface area (Å²) in [7, 11) is 1.34. The van der Waals surface area contributed by atoms with Gasteiger partial charge in [-0.15, -0.1) is 0 Å². The molecule has 2 rings (SSSR count). The number of carbonyl (C=O) groups is 1. The number of rotatable bonds is 5. The van der Waals surface area contributed by atoms with Crippen molar-refractivity contribution in [3.63, 3.8) is 0 Å². The van der Waals surface area contributed by atoms with Crippen LogP contribution < -0.4 is 0 Å². The lowest BCUT2D eigenvalue weighted by Crippen LogP contribution is -1.92. The number of halogens is 1. The molecule has 21 heavy (non-hydrogen) atoms. The molecule has 5 heteroatoms. The van der Waals surface area contributed by atoms with E-state index in [4.69, 9.17) is 16.1 Å². The van der Waals surface area contributed by atoms with Gasteiger partial charge in [-0.3, -0.25) is 0 Å². The van der Waals surface area contributed by atoms with Crippen LogP contribution >= 0.6 is 11.6 Å². The zero-order chi connectivity index (χ0) is 15.1. The summed E-state index contributed by atoms with van der Waals surface area (Å²) in [6, 6.07) is 9.21. The molecule has 0 aliphatic carbocycles. The smallest absolute Gasteiger partial charge is 0.330 e. The van der Waals surface area contributed by atoms with E-state index in [0.29, 0.717) is 17.2 Å². The molecular weight excluding hydrogens is 290 g/mol. The molecule has 2 aromatic rings. The van der Waals surface area contributed by atoms with Crippen molar-refractivity contribution in [1.29, 1.82) is 0 Å². The Balaban J connectivity index is 1.95. The van der Waals surface area contributed by atoms with Crippen LogP contribution in [0.4, 0.5) is 0 Å². The van der Waals surface area contributed by atoms with E-state index in [2.05, 4.69) is 9.89 Å². The normalized spacial score (nSPS) is 11.3. The Morgan fingerprint density at radius 1 is 1.33 bits per heavy atom. The average Bonchev–Trinajstić information content (AvgIpc) is 2.96. The van der Waals surface area contributed by atoms with Gasteiger partial charge in [0.25, 0.3) is 0 Å². The zero-order valence-corrected chi connectivity index (χ0v) is 12.2. The van der Waals surface area contributed by atoms with Crippen molar-refractivity contribution in [2.75, 3.05) is 7.11 Å². The Morgan fingerprint density at radius 3 is 2.81 bits per heavy atom. The Kier molecular flexibility index (Phi) is 5.35. The van der Waals surface area contributed by atoms with E-state index >= 15 is 0 Å². The molecule has 1 heterocycles. The van der Waals surface area contributed by atoms with Gasteiger partial charge in [0, 0.05) is 22.7 Å². The first-order valence-corrected chi connectivity index (χ1v) is 6.70. The largest absolute Gasteiger partial charge is 0.466 e. The highest BCUT2D eigenvalue weighted by Crippen LogP contribution is 2.21. The third kappa shape index (κ3) is 4.61. The Bertz CT molecular complexity index is 656. The van der Waals surface area contributed by atoms with Gasteiger partial charge >= 0.3 is 5.97 Å². The van der Waals surface area contributed by atoms with E-state index in [9.17, 15) is 4.79 Å². The number of nitrogens with zero attached hydrogens (tertiary/aromatic N) is 1. The van der Waals surface area contributed by atoms with Gasteiger partial charge in [0.15, 0.2) is 5.76 Å². The van der Waals surface area contributed by atoms with Crippen molar-refractivity contribution in [3.05, 3.63) is 59.3 Å². The monoisotopic (exact) mass is 303 g/mol. The third-order valence-electron chi connectivity index (χ3n) is 2.68. The van der Waals surface area contributed by atoms with Crippen molar-refractivity contribution in [2.24, 2.45) is 0 Å². The van der Waals surface area contributed by atoms with Crippen molar-refractivity contribution in [1.82, 2.24) is 5.16 Å². The number of benzene rings is 1. The van der Waals surface area contributed by atoms with Gasteiger partial charge in [0.1, 0.15) is 5.69 Å². The Morgan fingerprint density at radius 2 is 2.10 bits per heavy atom. The summed E-state index contributed by atoms with van der Waals surface area (Å²) >= 11 is 5.84. The maximum Gasteiger partial charge on any atom is 0.330 e. The molecule has 0 amide bonds. The molecule has 1 aromatic carbocycles. The van der Waals surface area contributed by atoms with Gasteiger partial charge in [0.2, 0.25) is 0 Å². The minimum absolute atomic E-state index is 0.368. The van der Waals surface area contributed by atoms with Crippen LogP contribution in [-0.2, 0) is 9.53 Å². The standard InChI is InChI=1S/C16H14ClNO3/c1-20-16(19)6-4-2-3-5-14-11-15(18-21-14)12-7-9-13(17)10-8-12/h3-11H,2H2,1H3/b5-3+,6-4+. The SMILES string of the molecule is COC(=O)/C=C/C/C=C/c1cc(-c2ccc(Cl)cc2)no1. The van der Waals surface area contributed by atoms with Gasteiger partial charge in [0.05, 0.1) is 7.11 Å². The molecule has 0 aliphatic heterocycles. The average molecular weight is 304 g/mol. The summed E-state index contributed by atoms with van der Waals surface area (Å²) in [5, 5.41) is 4.68. The van der Waals surface area contributed by atoms with Crippen LogP contribution in [0.5, 0.6) is 0 Å². The fourth-order valence-corrected chi connectivity index (χ4v) is 1.75. The summed E-state index contributed by atoms with van der Waals surface area (Å²) < 4.78 is 9.70. The number of hydrogen-bond acceptors (Lipinski definition) is 4. The first-order chi connectivity index (χ1) is 10.2. The van der Waals surface area contributed by atoms with Crippen LogP contribution in [0.2, 0.25) is 5.02 Å². The molecule has 0 unspecified atom stereocenters. The van der Waals surface area contributed by atoms with Crippen molar-refractivity contribution >= 4 is 23.6 Å². The predicted molar refractivity (Wildman–Crippen MR) is 81.8 cm³/mol. The molecule has 0 bridgehead atoms. The fraction of sp³-hybridized carbons (Fsp3) is 0.125. The lowest BCUT2D eigenvalue weighted by Gasteiger charge is -1.93. The maximum absolute atomic E-state index is 10.9. The number of esters is 1. The molecule has 0 saturated heterocycles. The Labute approximate surface area is 127 Å². The number of ether oxygens (including phenoxy) is 1. The summed E-state index contributed by atoms with van der Waals surface area (Å²) in [6.45, 7) is 0. The van der Waals surface area contributed by atoms with Gasteiger partial charge in [-0.25, -0.2) is 4.79 Å². The van der Waals surface area contributed by atoms with Gasteiger partial charge in [-0.05, 0) is 24.6 Å². The first kappa shape index (κ1) is 15.1. The van der Waals surface area contributed by atoms with Gasteiger partial charge in [-0.1, -0.05) is 41.0 Å². The molecule has 0 saturated carbocycles. The van der Waals surface area contributed by atoms with Crippen LogP contribution in [0.25, 0.3) is 17.3 Å². The molecule has 4 nitrogen and oxygen atoms in total. The summed E-state index contributed by atoms with van der Waals surface area (Å²) in [5.74, 6) is 0.277. The fourth-order valence-electron chi connectivity index (χ4n) is 1.62. The second-order valence-electron chi connectivity index (χ2n) is 4.19. The predicted octanol–water partition coefficient (Wildman–Crippen LogP) is 4.13. The second-order valence-corrected chi connectivity index (χ2v) is 4.62. The second kappa shape index (κ2) is 7.45. The quantitative estimate of drug-likeness (QED) is 0.615. The number of hydrogen-bond donors (Lipinski definition) is 0. The minimum Gasteiger partial charge on any atom is -0.466 e. The molecule has 1 aromatic heterocycles. The minimum atomic E-state index is -0.368. The van der Waals surface area contributed by atoms with Crippen LogP contribution in [0.15, 0.2) is 53.1 Å². The summed E-state index contributed by atoms with van der Waals surface area (Å²) in [4.78, 5) is 10.9. The number of carbonyl (C=O) groups excluding carboxylic acids is 1. The summed E-state index contributed by atoms with van der Waals surface area (Å²) in [6.07, 6.45) is 7.36. The van der Waals surface area contributed by atoms with E-state index in [0.717, 1.165) is 11.3 Å². The van der Waals surface area contributed by atoms with E-state index in [1.807, 2.05) is 24.3 Å². The first-order valence-electron chi connectivity index (χ1n) is 6.33. The highest BCUT2D eigenvalue weighted by Gasteiger charge is 2.04. The topological polar surface area (TPSA) is 52.3 Å².